The Balaban J connectivity index is 2.00. The topological polar surface area (TPSA) is 98.7 Å². The van der Waals surface area contributed by atoms with Gasteiger partial charge in [-0.2, -0.15) is 0 Å². The van der Waals surface area contributed by atoms with Crippen molar-refractivity contribution in [1.29, 1.82) is 0 Å². The van der Waals surface area contributed by atoms with Crippen LogP contribution in [0.1, 0.15) is 16.9 Å². The zero-order valence-electron chi connectivity index (χ0n) is 11.6. The average molecular weight is 311 g/mol. The van der Waals surface area contributed by atoms with Gasteiger partial charge in [-0.15, -0.1) is 11.3 Å². The van der Waals surface area contributed by atoms with Crippen molar-refractivity contribution in [2.45, 2.75) is 25.9 Å². The molecule has 2 rings (SSSR count). The monoisotopic (exact) mass is 311 g/mol. The lowest BCUT2D eigenvalue weighted by atomic mass is 10.1. The molecule has 1 saturated heterocycles. The van der Waals surface area contributed by atoms with E-state index in [-0.39, 0.29) is 0 Å². The molecule has 1 atom stereocenters. The number of carboxylic acid groups (broad SMARTS) is 1. The molecular formula is C13H17N3O4S. The molecule has 7 nitrogen and oxygen atoms in total. The van der Waals surface area contributed by atoms with Gasteiger partial charge in [0.1, 0.15) is 6.04 Å². The third kappa shape index (κ3) is 3.72. The van der Waals surface area contributed by atoms with Crippen LogP contribution in [-0.2, 0) is 16.1 Å². The molecule has 0 aromatic carbocycles. The fourth-order valence-corrected chi connectivity index (χ4v) is 3.01. The number of piperazine rings is 1. The van der Waals surface area contributed by atoms with Crippen LogP contribution in [0.2, 0.25) is 0 Å². The third-order valence-corrected chi connectivity index (χ3v) is 4.35. The van der Waals surface area contributed by atoms with Crippen molar-refractivity contribution in [2.75, 3.05) is 13.1 Å². The smallest absolute Gasteiger partial charge is 0.318 e. The molecular weight excluding hydrogens is 294 g/mol. The number of amides is 3. The highest BCUT2D eigenvalue weighted by atomic mass is 32.1. The van der Waals surface area contributed by atoms with Crippen molar-refractivity contribution < 1.29 is 19.5 Å². The van der Waals surface area contributed by atoms with E-state index in [9.17, 15) is 14.4 Å². The van der Waals surface area contributed by atoms with Crippen LogP contribution in [0, 0.1) is 6.92 Å². The first-order valence-electron chi connectivity index (χ1n) is 6.56. The van der Waals surface area contributed by atoms with Crippen molar-refractivity contribution in [1.82, 2.24) is 15.5 Å². The number of rotatable bonds is 4. The average Bonchev–Trinajstić information content (AvgIpc) is 2.83. The normalized spacial score (nSPS) is 18.2. The quantitative estimate of drug-likeness (QED) is 0.756. The standard InChI is InChI=1S/C13H17N3O4S/c1-8-2-5-21-10(8)7-15-13(20)16-4-3-14-12(19)9(16)6-11(17)18/h2,5,9H,3-4,6-7H2,1H3,(H,14,19)(H,15,20)(H,17,18). The Kier molecular flexibility index (Phi) is 4.79. The highest BCUT2D eigenvalue weighted by Crippen LogP contribution is 2.15. The number of carbonyl (C=O) groups excluding carboxylic acids is 2. The summed E-state index contributed by atoms with van der Waals surface area (Å²) in [5.41, 5.74) is 1.10. The van der Waals surface area contributed by atoms with Gasteiger partial charge in [-0.25, -0.2) is 4.79 Å². The number of urea groups is 1. The Hall–Kier alpha value is -2.09. The molecule has 1 aliphatic heterocycles. The first-order valence-corrected chi connectivity index (χ1v) is 7.44. The first kappa shape index (κ1) is 15.3. The lowest BCUT2D eigenvalue weighted by Gasteiger charge is -2.34. The minimum atomic E-state index is -1.11. The molecule has 1 aromatic heterocycles. The second-order valence-corrected chi connectivity index (χ2v) is 5.78. The summed E-state index contributed by atoms with van der Waals surface area (Å²) in [5, 5.41) is 16.1. The number of aliphatic carboxylic acids is 1. The van der Waals surface area contributed by atoms with Gasteiger partial charge in [0.25, 0.3) is 0 Å². The van der Waals surface area contributed by atoms with E-state index in [2.05, 4.69) is 10.6 Å². The van der Waals surface area contributed by atoms with Gasteiger partial charge in [0.05, 0.1) is 13.0 Å². The first-order chi connectivity index (χ1) is 9.99. The zero-order chi connectivity index (χ0) is 15.4. The van der Waals surface area contributed by atoms with Crippen LogP contribution in [0.3, 0.4) is 0 Å². The Morgan fingerprint density at radius 3 is 2.95 bits per heavy atom. The minimum absolute atomic E-state index is 0.305. The Labute approximate surface area is 125 Å². The van der Waals surface area contributed by atoms with E-state index in [0.717, 1.165) is 10.4 Å². The second kappa shape index (κ2) is 6.57. The maximum Gasteiger partial charge on any atom is 0.318 e. The van der Waals surface area contributed by atoms with E-state index in [1.54, 1.807) is 11.3 Å². The van der Waals surface area contributed by atoms with Gasteiger partial charge in [-0.05, 0) is 23.9 Å². The summed E-state index contributed by atoms with van der Waals surface area (Å²) in [5.74, 6) is -1.53. The molecule has 0 aliphatic carbocycles. The van der Waals surface area contributed by atoms with Crippen LogP contribution < -0.4 is 10.6 Å². The number of hydrogen-bond acceptors (Lipinski definition) is 4. The SMILES string of the molecule is Cc1ccsc1CNC(=O)N1CCNC(=O)C1CC(=O)O. The molecule has 3 amide bonds. The molecule has 1 unspecified atom stereocenters. The third-order valence-electron chi connectivity index (χ3n) is 3.33. The Morgan fingerprint density at radius 1 is 1.57 bits per heavy atom. The summed E-state index contributed by atoms with van der Waals surface area (Å²) in [6, 6.07) is 0.595. The van der Waals surface area contributed by atoms with Crippen LogP contribution in [0.4, 0.5) is 4.79 Å². The second-order valence-electron chi connectivity index (χ2n) is 4.78. The van der Waals surface area contributed by atoms with E-state index in [1.807, 2.05) is 18.4 Å². The predicted molar refractivity (Wildman–Crippen MR) is 77.0 cm³/mol. The van der Waals surface area contributed by atoms with Gasteiger partial charge in [0, 0.05) is 18.0 Å². The van der Waals surface area contributed by atoms with Gasteiger partial charge in [0.15, 0.2) is 0 Å². The molecule has 0 spiro atoms. The predicted octanol–water partition coefficient (Wildman–Crippen LogP) is 0.541. The zero-order valence-corrected chi connectivity index (χ0v) is 12.4. The fraction of sp³-hybridized carbons (Fsp3) is 0.462. The summed E-state index contributed by atoms with van der Waals surface area (Å²) < 4.78 is 0. The molecule has 2 heterocycles. The molecule has 1 fully saturated rings. The van der Waals surface area contributed by atoms with Crippen LogP contribution >= 0.6 is 11.3 Å². The van der Waals surface area contributed by atoms with Crippen LogP contribution in [0.25, 0.3) is 0 Å². The molecule has 114 valence electrons. The van der Waals surface area contributed by atoms with E-state index in [0.29, 0.717) is 19.6 Å². The number of hydrogen-bond donors (Lipinski definition) is 3. The number of carboxylic acids is 1. The molecule has 0 radical (unpaired) electrons. The summed E-state index contributed by atoms with van der Waals surface area (Å²) in [6.45, 7) is 2.97. The summed E-state index contributed by atoms with van der Waals surface area (Å²) in [7, 11) is 0. The van der Waals surface area contributed by atoms with Crippen molar-refractivity contribution in [3.05, 3.63) is 21.9 Å². The van der Waals surface area contributed by atoms with Crippen LogP contribution in [0.15, 0.2) is 11.4 Å². The molecule has 1 aliphatic rings. The van der Waals surface area contributed by atoms with E-state index < -0.39 is 30.4 Å². The van der Waals surface area contributed by atoms with Gasteiger partial charge in [-0.1, -0.05) is 0 Å². The highest BCUT2D eigenvalue weighted by molar-refractivity contribution is 7.10. The number of nitrogens with one attached hydrogen (secondary N) is 2. The lowest BCUT2D eigenvalue weighted by molar-refractivity contribution is -0.142. The van der Waals surface area contributed by atoms with E-state index in [1.165, 1.54) is 4.90 Å². The number of thiophene rings is 1. The molecule has 3 N–H and O–H groups in total. The maximum absolute atomic E-state index is 12.2. The van der Waals surface area contributed by atoms with Gasteiger partial charge < -0.3 is 20.6 Å². The Bertz CT molecular complexity index is 557. The summed E-state index contributed by atoms with van der Waals surface area (Å²) in [6.07, 6.45) is -0.392. The van der Waals surface area contributed by atoms with Gasteiger partial charge >= 0.3 is 12.0 Å². The van der Waals surface area contributed by atoms with Gasteiger partial charge in [0.2, 0.25) is 5.91 Å². The van der Waals surface area contributed by atoms with Gasteiger partial charge in [-0.3, -0.25) is 9.59 Å². The fourth-order valence-electron chi connectivity index (χ4n) is 2.17. The van der Waals surface area contributed by atoms with E-state index >= 15 is 0 Å². The van der Waals surface area contributed by atoms with Crippen molar-refractivity contribution in [3.8, 4) is 0 Å². The number of aryl methyl sites for hydroxylation is 1. The van der Waals surface area contributed by atoms with Crippen LogP contribution in [0.5, 0.6) is 0 Å². The van der Waals surface area contributed by atoms with Crippen molar-refractivity contribution >= 4 is 29.2 Å². The maximum atomic E-state index is 12.2. The van der Waals surface area contributed by atoms with Crippen molar-refractivity contribution in [2.24, 2.45) is 0 Å². The minimum Gasteiger partial charge on any atom is -0.481 e. The molecule has 0 bridgehead atoms. The summed E-state index contributed by atoms with van der Waals surface area (Å²) >= 11 is 1.54. The number of nitrogens with zero attached hydrogens (tertiary/aromatic N) is 1. The lowest BCUT2D eigenvalue weighted by Crippen LogP contribution is -2.59. The van der Waals surface area contributed by atoms with E-state index in [4.69, 9.17) is 5.11 Å². The molecule has 21 heavy (non-hydrogen) atoms. The Morgan fingerprint density at radius 2 is 2.33 bits per heavy atom. The van der Waals surface area contributed by atoms with Crippen molar-refractivity contribution in [3.63, 3.8) is 0 Å². The molecule has 0 saturated carbocycles. The largest absolute Gasteiger partial charge is 0.481 e. The number of carbonyl (C=O) groups is 3. The molecule has 1 aromatic rings. The molecule has 8 heteroatoms. The van der Waals surface area contributed by atoms with Crippen LogP contribution in [-0.4, -0.2) is 47.0 Å². The summed E-state index contributed by atoms with van der Waals surface area (Å²) in [4.78, 5) is 37.1. The highest BCUT2D eigenvalue weighted by Gasteiger charge is 2.34.